The predicted molar refractivity (Wildman–Crippen MR) is 63.4 cm³/mol. The van der Waals surface area contributed by atoms with E-state index in [0.29, 0.717) is 0 Å². The monoisotopic (exact) mass is 191 g/mol. The number of para-hydroxylation sites is 1. The summed E-state index contributed by atoms with van der Waals surface area (Å²) in [6, 6.07) is 6.32. The largest absolute Gasteiger partial charge is 0.398 e. The summed E-state index contributed by atoms with van der Waals surface area (Å²) in [6.45, 7) is 4.31. The maximum atomic E-state index is 6.00. The number of nitrogens with two attached hydrogens (primary N) is 1. The minimum Gasteiger partial charge on any atom is -0.398 e. The van der Waals surface area contributed by atoms with E-state index < -0.39 is 0 Å². The van der Waals surface area contributed by atoms with E-state index in [-0.39, 0.29) is 0 Å². The number of hydrogen-bond donors (Lipinski definition) is 1. The van der Waals surface area contributed by atoms with Crippen molar-refractivity contribution in [1.29, 1.82) is 0 Å². The van der Waals surface area contributed by atoms with Gasteiger partial charge in [-0.3, -0.25) is 0 Å². The second-order valence-electron chi connectivity index (χ2n) is 3.96. The minimum absolute atomic E-state index is 0.990. The van der Waals surface area contributed by atoms with Crippen LogP contribution < -0.4 is 5.73 Å². The van der Waals surface area contributed by atoms with E-state index in [4.69, 9.17) is 5.73 Å². The second-order valence-corrected chi connectivity index (χ2v) is 3.96. The first kappa shape index (κ1) is 11.1. The molecule has 2 N–H and O–H groups in total. The number of anilines is 1. The van der Waals surface area contributed by atoms with Gasteiger partial charge in [0.2, 0.25) is 0 Å². The molecule has 1 aromatic rings. The van der Waals surface area contributed by atoms with E-state index in [2.05, 4.69) is 32.0 Å². The summed E-state index contributed by atoms with van der Waals surface area (Å²) in [5.74, 6) is 0. The number of rotatable bonds is 5. The standard InChI is InChI=1S/C13H21N/c1-3-4-5-6-9-12-10-7-8-11(2)13(12)14/h7-8,10H,3-6,9,14H2,1-2H3. The molecule has 1 rings (SSSR count). The Hall–Kier alpha value is -0.980. The Morgan fingerprint density at radius 1 is 1.14 bits per heavy atom. The van der Waals surface area contributed by atoms with Crippen molar-refractivity contribution >= 4 is 5.69 Å². The van der Waals surface area contributed by atoms with Crippen LogP contribution in [0.25, 0.3) is 0 Å². The highest BCUT2D eigenvalue weighted by Crippen LogP contribution is 2.18. The zero-order chi connectivity index (χ0) is 10.4. The number of aryl methyl sites for hydroxylation is 2. The average molecular weight is 191 g/mol. The van der Waals surface area contributed by atoms with E-state index in [9.17, 15) is 0 Å². The molecule has 0 spiro atoms. The highest BCUT2D eigenvalue weighted by atomic mass is 14.6. The number of hydrogen-bond acceptors (Lipinski definition) is 1. The molecule has 0 heterocycles. The zero-order valence-corrected chi connectivity index (χ0v) is 9.34. The smallest absolute Gasteiger partial charge is 0.0376 e. The fourth-order valence-electron chi connectivity index (χ4n) is 1.70. The molecule has 0 aliphatic heterocycles. The van der Waals surface area contributed by atoms with Crippen molar-refractivity contribution in [1.82, 2.24) is 0 Å². The highest BCUT2D eigenvalue weighted by molar-refractivity contribution is 5.53. The van der Waals surface area contributed by atoms with E-state index in [1.54, 1.807) is 0 Å². The van der Waals surface area contributed by atoms with Gasteiger partial charge >= 0.3 is 0 Å². The summed E-state index contributed by atoms with van der Waals surface area (Å²) in [4.78, 5) is 0. The first-order valence-corrected chi connectivity index (χ1v) is 5.59. The molecule has 0 amide bonds. The first-order chi connectivity index (χ1) is 6.75. The molecule has 78 valence electrons. The van der Waals surface area contributed by atoms with Crippen molar-refractivity contribution < 1.29 is 0 Å². The molecule has 0 atom stereocenters. The molecule has 0 radical (unpaired) electrons. The molecule has 0 saturated heterocycles. The second kappa shape index (κ2) is 5.69. The Bertz CT molecular complexity index is 279. The van der Waals surface area contributed by atoms with Crippen LogP contribution in [-0.4, -0.2) is 0 Å². The van der Waals surface area contributed by atoms with Gasteiger partial charge in [-0.25, -0.2) is 0 Å². The molecule has 14 heavy (non-hydrogen) atoms. The van der Waals surface area contributed by atoms with Gasteiger partial charge in [-0.05, 0) is 30.9 Å². The van der Waals surface area contributed by atoms with Gasteiger partial charge in [-0.2, -0.15) is 0 Å². The lowest BCUT2D eigenvalue weighted by Gasteiger charge is -2.07. The minimum atomic E-state index is 0.990. The SMILES string of the molecule is CCCCCCc1cccc(C)c1N. The molecule has 0 unspecified atom stereocenters. The van der Waals surface area contributed by atoms with Crippen molar-refractivity contribution in [3.05, 3.63) is 29.3 Å². The van der Waals surface area contributed by atoms with E-state index in [1.807, 2.05) is 0 Å². The summed E-state index contributed by atoms with van der Waals surface area (Å²) >= 11 is 0. The van der Waals surface area contributed by atoms with Crippen LogP contribution in [0.15, 0.2) is 18.2 Å². The summed E-state index contributed by atoms with van der Waals surface area (Å²) in [7, 11) is 0. The lowest BCUT2D eigenvalue weighted by molar-refractivity contribution is 0.667. The molecule has 0 aliphatic carbocycles. The first-order valence-electron chi connectivity index (χ1n) is 5.59. The van der Waals surface area contributed by atoms with Gasteiger partial charge in [0.1, 0.15) is 0 Å². The Morgan fingerprint density at radius 3 is 2.64 bits per heavy atom. The summed E-state index contributed by atoms with van der Waals surface area (Å²) < 4.78 is 0. The molecule has 1 aromatic carbocycles. The van der Waals surface area contributed by atoms with Gasteiger partial charge in [-0.15, -0.1) is 0 Å². The topological polar surface area (TPSA) is 26.0 Å². The van der Waals surface area contributed by atoms with Gasteiger partial charge in [0.05, 0.1) is 0 Å². The summed E-state index contributed by atoms with van der Waals surface area (Å²) in [5, 5.41) is 0. The number of benzene rings is 1. The molecule has 1 heteroatoms. The van der Waals surface area contributed by atoms with Crippen LogP contribution in [0.3, 0.4) is 0 Å². The third kappa shape index (κ3) is 3.06. The molecule has 0 fully saturated rings. The Labute approximate surface area is 87.3 Å². The van der Waals surface area contributed by atoms with Crippen molar-refractivity contribution in [2.75, 3.05) is 5.73 Å². The predicted octanol–water partition coefficient (Wildman–Crippen LogP) is 3.70. The van der Waals surface area contributed by atoms with Crippen molar-refractivity contribution in [2.24, 2.45) is 0 Å². The van der Waals surface area contributed by atoms with Crippen molar-refractivity contribution in [3.8, 4) is 0 Å². The lowest BCUT2D eigenvalue weighted by atomic mass is 10.0. The van der Waals surface area contributed by atoms with E-state index in [0.717, 1.165) is 12.1 Å². The van der Waals surface area contributed by atoms with Crippen LogP contribution in [0, 0.1) is 6.92 Å². The zero-order valence-electron chi connectivity index (χ0n) is 9.34. The van der Waals surface area contributed by atoms with Gasteiger partial charge < -0.3 is 5.73 Å². The van der Waals surface area contributed by atoms with Crippen LogP contribution in [0.5, 0.6) is 0 Å². The van der Waals surface area contributed by atoms with Crippen LogP contribution in [-0.2, 0) is 6.42 Å². The molecule has 0 saturated carbocycles. The molecule has 0 bridgehead atoms. The van der Waals surface area contributed by atoms with E-state index in [1.165, 1.54) is 36.8 Å². The Kier molecular flexibility index (Phi) is 4.51. The van der Waals surface area contributed by atoms with Gasteiger partial charge in [-0.1, -0.05) is 44.4 Å². The van der Waals surface area contributed by atoms with Crippen molar-refractivity contribution in [3.63, 3.8) is 0 Å². The molecule has 0 aliphatic rings. The Balaban J connectivity index is 2.46. The number of unbranched alkanes of at least 4 members (excludes halogenated alkanes) is 3. The van der Waals surface area contributed by atoms with Crippen LogP contribution >= 0.6 is 0 Å². The van der Waals surface area contributed by atoms with Crippen LogP contribution in [0.4, 0.5) is 5.69 Å². The maximum absolute atomic E-state index is 6.00. The van der Waals surface area contributed by atoms with Crippen LogP contribution in [0.2, 0.25) is 0 Å². The van der Waals surface area contributed by atoms with Gasteiger partial charge in [0.25, 0.3) is 0 Å². The average Bonchev–Trinajstić information content (AvgIpc) is 2.19. The fraction of sp³-hybridized carbons (Fsp3) is 0.538. The number of nitrogen functional groups attached to an aromatic ring is 1. The van der Waals surface area contributed by atoms with Gasteiger partial charge in [0.15, 0.2) is 0 Å². The maximum Gasteiger partial charge on any atom is 0.0376 e. The fourth-order valence-corrected chi connectivity index (χ4v) is 1.70. The summed E-state index contributed by atoms with van der Waals surface area (Å²) in [6.07, 6.45) is 6.36. The normalized spacial score (nSPS) is 10.4. The lowest BCUT2D eigenvalue weighted by Crippen LogP contribution is -1.97. The molecule has 1 nitrogen and oxygen atoms in total. The van der Waals surface area contributed by atoms with E-state index >= 15 is 0 Å². The van der Waals surface area contributed by atoms with Crippen molar-refractivity contribution in [2.45, 2.75) is 46.0 Å². The quantitative estimate of drug-likeness (QED) is 0.557. The van der Waals surface area contributed by atoms with Crippen LogP contribution in [0.1, 0.15) is 43.7 Å². The third-order valence-corrected chi connectivity index (χ3v) is 2.71. The Morgan fingerprint density at radius 2 is 1.93 bits per heavy atom. The summed E-state index contributed by atoms with van der Waals surface area (Å²) in [5.41, 5.74) is 9.51. The highest BCUT2D eigenvalue weighted by Gasteiger charge is 2.00. The third-order valence-electron chi connectivity index (χ3n) is 2.71. The molecular weight excluding hydrogens is 170 g/mol. The molecular formula is C13H21N. The van der Waals surface area contributed by atoms with Gasteiger partial charge in [0, 0.05) is 5.69 Å². The molecule has 0 aromatic heterocycles.